The van der Waals surface area contributed by atoms with Crippen LogP contribution in [0, 0.1) is 12.8 Å². The van der Waals surface area contributed by atoms with E-state index in [1.807, 2.05) is 37.3 Å². The topological polar surface area (TPSA) is 173 Å². The molecule has 1 saturated heterocycles. The molecule has 0 spiro atoms. The van der Waals surface area contributed by atoms with Crippen molar-refractivity contribution in [1.29, 1.82) is 0 Å². The van der Waals surface area contributed by atoms with Crippen molar-refractivity contribution in [2.24, 2.45) is 5.92 Å². The maximum absolute atomic E-state index is 14.3. The van der Waals surface area contributed by atoms with Crippen molar-refractivity contribution in [3.05, 3.63) is 35.9 Å². The molecule has 2 aliphatic carbocycles. The van der Waals surface area contributed by atoms with Crippen molar-refractivity contribution in [2.75, 3.05) is 6.54 Å². The minimum Gasteiger partial charge on any atom is -0.465 e. The second-order valence-electron chi connectivity index (χ2n) is 15.4. The first kappa shape index (κ1) is 36.1. The summed E-state index contributed by atoms with van der Waals surface area (Å²) in [6, 6.07) is 3.84. The predicted molar refractivity (Wildman–Crippen MR) is 188 cm³/mol. The molecule has 13 nitrogen and oxygen atoms in total. The number of hydrogen-bond donors (Lipinski definition) is 3. The van der Waals surface area contributed by atoms with E-state index >= 15 is 0 Å². The standard InChI is InChI=1S/C35H47N5O8S2/c1-21-13-14-24-27(17-21)49-32(37-24)47-23-18-26-28(41)38-35(30(43)39-50(45,46)34(5)15-16-34)19-22(35)11-9-7-6-8-10-12-25(29(42)40(26)20-23)36-31(44)48-33(2,3)4/h9,11,13-14,17,22-23,25-26H,6-8,10,12,15-16,18-20H2,1-5H3,(H,36,44)(H,38,41)(H,39,43)/t22-,23-,25+,26+,35-/m1/s1. The van der Waals surface area contributed by atoms with Gasteiger partial charge in [0.1, 0.15) is 29.3 Å². The number of alkyl carbamates (subject to hydrolysis) is 1. The first-order valence-corrected chi connectivity index (χ1v) is 19.7. The lowest BCUT2D eigenvalue weighted by molar-refractivity contribution is -0.141. The molecule has 0 radical (unpaired) electrons. The third-order valence-corrected chi connectivity index (χ3v) is 13.0. The van der Waals surface area contributed by atoms with Crippen LogP contribution in [-0.4, -0.2) is 82.7 Å². The Hall–Kier alpha value is -3.72. The first-order valence-electron chi connectivity index (χ1n) is 17.4. The van der Waals surface area contributed by atoms with E-state index in [0.29, 0.717) is 37.3 Å². The molecule has 1 aromatic heterocycles. The van der Waals surface area contributed by atoms with Gasteiger partial charge in [0, 0.05) is 12.3 Å². The van der Waals surface area contributed by atoms with Crippen molar-refractivity contribution in [1.82, 2.24) is 25.2 Å². The lowest BCUT2D eigenvalue weighted by Gasteiger charge is -2.30. The highest BCUT2D eigenvalue weighted by molar-refractivity contribution is 7.91. The molecule has 15 heteroatoms. The number of hydrogen-bond acceptors (Lipinski definition) is 10. The maximum atomic E-state index is 14.3. The van der Waals surface area contributed by atoms with Crippen LogP contribution in [0.3, 0.4) is 0 Å². The number of aromatic nitrogens is 1. The Bertz CT molecular complexity index is 1810. The number of thiazole rings is 1. The van der Waals surface area contributed by atoms with Gasteiger partial charge in [0.05, 0.1) is 21.5 Å². The maximum Gasteiger partial charge on any atom is 0.408 e. The van der Waals surface area contributed by atoms with E-state index in [9.17, 15) is 27.6 Å². The van der Waals surface area contributed by atoms with E-state index in [-0.39, 0.29) is 19.4 Å². The van der Waals surface area contributed by atoms with Gasteiger partial charge < -0.3 is 25.0 Å². The van der Waals surface area contributed by atoms with Crippen LogP contribution >= 0.6 is 11.3 Å². The lowest BCUT2D eigenvalue weighted by atomic mass is 10.0. The number of benzene rings is 1. The molecular formula is C35H47N5O8S2. The van der Waals surface area contributed by atoms with Gasteiger partial charge in [-0.2, -0.15) is 0 Å². The van der Waals surface area contributed by atoms with Crippen LogP contribution in [0.2, 0.25) is 0 Å². The highest BCUT2D eigenvalue weighted by atomic mass is 32.2. The number of rotatable bonds is 6. The normalized spacial score (nSPS) is 28.4. The van der Waals surface area contributed by atoms with Gasteiger partial charge in [-0.3, -0.25) is 19.1 Å². The summed E-state index contributed by atoms with van der Waals surface area (Å²) in [5, 5.41) is 6.02. The van der Waals surface area contributed by atoms with Crippen LogP contribution in [0.1, 0.15) is 91.0 Å². The van der Waals surface area contributed by atoms with E-state index in [1.54, 1.807) is 27.7 Å². The fraction of sp³-hybridized carbons (Fsp3) is 0.629. The Labute approximate surface area is 297 Å². The van der Waals surface area contributed by atoms with Crippen molar-refractivity contribution in [3.8, 4) is 5.19 Å². The summed E-state index contributed by atoms with van der Waals surface area (Å²) in [6.07, 6.45) is 6.95. The van der Waals surface area contributed by atoms with Crippen LogP contribution in [0.4, 0.5) is 4.79 Å². The zero-order valence-electron chi connectivity index (χ0n) is 29.2. The summed E-state index contributed by atoms with van der Waals surface area (Å²) in [7, 11) is -3.96. The zero-order chi connectivity index (χ0) is 36.1. The van der Waals surface area contributed by atoms with E-state index < -0.39 is 73.8 Å². The molecule has 2 aliphatic heterocycles. The molecule has 4 aliphatic rings. The molecular weight excluding hydrogens is 683 g/mol. The van der Waals surface area contributed by atoms with Gasteiger partial charge in [-0.05, 0) is 90.8 Å². The lowest BCUT2D eigenvalue weighted by Crippen LogP contribution is -2.58. The van der Waals surface area contributed by atoms with Crippen LogP contribution in [0.15, 0.2) is 30.4 Å². The summed E-state index contributed by atoms with van der Waals surface area (Å²) < 4.78 is 40.1. The zero-order valence-corrected chi connectivity index (χ0v) is 30.9. The van der Waals surface area contributed by atoms with E-state index in [1.165, 1.54) is 16.2 Å². The van der Waals surface area contributed by atoms with Crippen LogP contribution in [0.5, 0.6) is 5.19 Å². The third kappa shape index (κ3) is 7.78. The molecule has 1 aromatic carbocycles. The van der Waals surface area contributed by atoms with Gasteiger partial charge in [-0.1, -0.05) is 42.4 Å². The Morgan fingerprint density at radius 3 is 2.62 bits per heavy atom. The highest BCUT2D eigenvalue weighted by Gasteiger charge is 2.63. The first-order chi connectivity index (χ1) is 23.5. The van der Waals surface area contributed by atoms with Gasteiger partial charge in [-0.25, -0.2) is 18.2 Å². The molecule has 3 heterocycles. The van der Waals surface area contributed by atoms with Gasteiger partial charge in [0.25, 0.3) is 11.1 Å². The fourth-order valence-electron chi connectivity index (χ4n) is 6.60. The summed E-state index contributed by atoms with van der Waals surface area (Å²) >= 11 is 1.37. The SMILES string of the molecule is Cc1ccc2nc(O[C@@H]3C[C@H]4C(=O)N[C@]5(C(=O)NS(=O)(=O)C6(C)CC6)C[C@H]5C=CCCCCC[C@H](NC(=O)OC(C)(C)C)C(=O)N4C3)sc2c1. The van der Waals surface area contributed by atoms with E-state index in [2.05, 4.69) is 20.3 Å². The van der Waals surface area contributed by atoms with Gasteiger partial charge >= 0.3 is 6.09 Å². The molecule has 6 rings (SSSR count). The average molecular weight is 730 g/mol. The minimum absolute atomic E-state index is 0.0354. The number of nitrogens with one attached hydrogen (secondary N) is 3. The van der Waals surface area contributed by atoms with Gasteiger partial charge in [-0.15, -0.1) is 0 Å². The minimum atomic E-state index is -3.96. The second kappa shape index (κ2) is 13.4. The van der Waals surface area contributed by atoms with Crippen molar-refractivity contribution >= 4 is 55.4 Å². The van der Waals surface area contributed by atoms with Crippen molar-refractivity contribution in [3.63, 3.8) is 0 Å². The Morgan fingerprint density at radius 2 is 1.90 bits per heavy atom. The quantitative estimate of drug-likeness (QED) is 0.368. The Balaban J connectivity index is 1.29. The van der Waals surface area contributed by atoms with Crippen molar-refractivity contribution < 1.29 is 37.1 Å². The molecule has 272 valence electrons. The van der Waals surface area contributed by atoms with Gasteiger partial charge in [0.2, 0.25) is 21.8 Å². The fourth-order valence-corrected chi connectivity index (χ4v) is 8.89. The number of amides is 4. The molecule has 2 saturated carbocycles. The number of allylic oxidation sites excluding steroid dienone is 1. The predicted octanol–water partition coefficient (Wildman–Crippen LogP) is 4.24. The van der Waals surface area contributed by atoms with E-state index in [4.69, 9.17) is 9.47 Å². The molecule has 4 amide bonds. The molecule has 0 unspecified atom stereocenters. The largest absolute Gasteiger partial charge is 0.465 e. The molecule has 50 heavy (non-hydrogen) atoms. The summed E-state index contributed by atoms with van der Waals surface area (Å²) in [5.74, 6) is -2.26. The number of ether oxygens (including phenoxy) is 2. The smallest absolute Gasteiger partial charge is 0.408 e. The number of carbonyl (C=O) groups is 4. The molecule has 5 atom stereocenters. The Kier molecular flexibility index (Phi) is 9.70. The molecule has 3 fully saturated rings. The molecule has 0 bridgehead atoms. The number of sulfonamides is 1. The number of fused-ring (bicyclic) bond motifs is 3. The highest BCUT2D eigenvalue weighted by Crippen LogP contribution is 2.47. The van der Waals surface area contributed by atoms with Crippen LogP contribution in [0.25, 0.3) is 10.2 Å². The van der Waals surface area contributed by atoms with Crippen LogP contribution in [-0.2, 0) is 29.1 Å². The monoisotopic (exact) mass is 729 g/mol. The van der Waals surface area contributed by atoms with Crippen LogP contribution < -0.4 is 20.1 Å². The second-order valence-corrected chi connectivity index (χ2v) is 18.5. The summed E-state index contributed by atoms with van der Waals surface area (Å²) in [4.78, 5) is 61.2. The van der Waals surface area contributed by atoms with E-state index in [0.717, 1.165) is 28.6 Å². The number of carbonyl (C=O) groups excluding carboxylic acids is 4. The summed E-state index contributed by atoms with van der Waals surface area (Å²) in [5.41, 5.74) is -0.423. The molecule has 3 N–H and O–H groups in total. The number of aryl methyl sites for hydroxylation is 1. The third-order valence-electron chi connectivity index (χ3n) is 9.96. The van der Waals surface area contributed by atoms with Crippen molar-refractivity contribution in [2.45, 2.75) is 126 Å². The number of nitrogens with zero attached hydrogens (tertiary/aromatic N) is 2. The van der Waals surface area contributed by atoms with Gasteiger partial charge in [0.15, 0.2) is 0 Å². The molecule has 2 aromatic rings. The average Bonchev–Trinajstić information content (AvgIpc) is 3.83. The Morgan fingerprint density at radius 1 is 1.14 bits per heavy atom. The summed E-state index contributed by atoms with van der Waals surface area (Å²) in [6.45, 7) is 8.82.